The summed E-state index contributed by atoms with van der Waals surface area (Å²) in [5, 5.41) is 11.8. The number of benzene rings is 2. The molecule has 28 heavy (non-hydrogen) atoms. The predicted octanol–water partition coefficient (Wildman–Crippen LogP) is 4.02. The second-order valence-corrected chi connectivity index (χ2v) is 8.07. The Morgan fingerprint density at radius 1 is 1.00 bits per heavy atom. The topological polar surface area (TPSA) is 55.3 Å². The molecular formula is C22H23N3O2S. The minimum absolute atomic E-state index is 0.0727. The highest BCUT2D eigenvalue weighted by Gasteiger charge is 2.26. The minimum atomic E-state index is 0.0727. The Hall–Kier alpha value is -2.44. The third-order valence-corrected chi connectivity index (χ3v) is 5.77. The lowest BCUT2D eigenvalue weighted by Gasteiger charge is -2.35. The van der Waals surface area contributed by atoms with E-state index in [0.29, 0.717) is 18.8 Å². The van der Waals surface area contributed by atoms with Crippen LogP contribution in [0.5, 0.6) is 0 Å². The van der Waals surface area contributed by atoms with Gasteiger partial charge < -0.3 is 9.64 Å². The van der Waals surface area contributed by atoms with Gasteiger partial charge in [-0.15, -0.1) is 10.2 Å². The molecule has 6 heteroatoms. The molecule has 0 bridgehead atoms. The van der Waals surface area contributed by atoms with Gasteiger partial charge in [0.05, 0.1) is 18.0 Å². The van der Waals surface area contributed by atoms with Gasteiger partial charge in [-0.25, -0.2) is 0 Å². The first-order chi connectivity index (χ1) is 13.6. The molecule has 2 heterocycles. The fourth-order valence-corrected chi connectivity index (χ4v) is 4.47. The lowest BCUT2D eigenvalue weighted by molar-refractivity contribution is -0.140. The Labute approximate surface area is 169 Å². The number of morpholine rings is 1. The van der Waals surface area contributed by atoms with Gasteiger partial charge in [0, 0.05) is 29.4 Å². The van der Waals surface area contributed by atoms with E-state index >= 15 is 0 Å². The van der Waals surface area contributed by atoms with E-state index in [1.54, 1.807) is 0 Å². The summed E-state index contributed by atoms with van der Waals surface area (Å²) < 4.78 is 5.72. The molecule has 1 saturated heterocycles. The van der Waals surface area contributed by atoms with Crippen LogP contribution in [-0.2, 0) is 9.53 Å². The van der Waals surface area contributed by atoms with Gasteiger partial charge in [0.15, 0.2) is 0 Å². The molecule has 0 N–H and O–H groups in total. The summed E-state index contributed by atoms with van der Waals surface area (Å²) in [5.41, 5.74) is 1.90. The molecule has 0 spiro atoms. The van der Waals surface area contributed by atoms with Crippen LogP contribution in [-0.4, -0.2) is 52.1 Å². The van der Waals surface area contributed by atoms with Crippen LogP contribution in [0.4, 0.5) is 0 Å². The van der Waals surface area contributed by atoms with Crippen LogP contribution in [0.15, 0.2) is 59.6 Å². The molecule has 144 valence electrons. The zero-order chi connectivity index (χ0) is 19.5. The number of aromatic nitrogens is 2. The van der Waals surface area contributed by atoms with Gasteiger partial charge in [-0.3, -0.25) is 4.79 Å². The third-order valence-electron chi connectivity index (χ3n) is 4.81. The van der Waals surface area contributed by atoms with Gasteiger partial charge in [0.2, 0.25) is 5.91 Å². The second kappa shape index (κ2) is 8.29. The molecule has 0 aliphatic carbocycles. The number of thioether (sulfide) groups is 1. The summed E-state index contributed by atoms with van der Waals surface area (Å²) in [6, 6.07) is 18.2. The summed E-state index contributed by atoms with van der Waals surface area (Å²) in [4.78, 5) is 14.6. The average molecular weight is 394 g/mol. The first-order valence-electron chi connectivity index (χ1n) is 9.48. The van der Waals surface area contributed by atoms with E-state index < -0.39 is 0 Å². The maximum atomic E-state index is 12.7. The van der Waals surface area contributed by atoms with Crippen LogP contribution in [0.1, 0.15) is 13.8 Å². The Kier molecular flexibility index (Phi) is 5.59. The number of hydrogen-bond acceptors (Lipinski definition) is 5. The maximum Gasteiger partial charge on any atom is 0.233 e. The van der Waals surface area contributed by atoms with Gasteiger partial charge in [0.25, 0.3) is 0 Å². The number of rotatable bonds is 4. The Balaban J connectivity index is 1.56. The lowest BCUT2D eigenvalue weighted by Crippen LogP contribution is -2.48. The molecule has 0 saturated carbocycles. The predicted molar refractivity (Wildman–Crippen MR) is 112 cm³/mol. The number of hydrogen-bond donors (Lipinski definition) is 0. The number of amides is 1. The van der Waals surface area contributed by atoms with Gasteiger partial charge in [0.1, 0.15) is 10.7 Å². The molecule has 1 aromatic heterocycles. The maximum absolute atomic E-state index is 12.7. The zero-order valence-electron chi connectivity index (χ0n) is 16.0. The molecule has 2 aromatic carbocycles. The summed E-state index contributed by atoms with van der Waals surface area (Å²) in [6.45, 7) is 5.29. The largest absolute Gasteiger partial charge is 0.372 e. The van der Waals surface area contributed by atoms with Crippen LogP contribution in [0.2, 0.25) is 0 Å². The Morgan fingerprint density at radius 2 is 1.64 bits per heavy atom. The normalized spacial score (nSPS) is 19.7. The minimum Gasteiger partial charge on any atom is -0.372 e. The van der Waals surface area contributed by atoms with Crippen molar-refractivity contribution < 1.29 is 9.53 Å². The van der Waals surface area contributed by atoms with Crippen LogP contribution >= 0.6 is 11.8 Å². The van der Waals surface area contributed by atoms with Gasteiger partial charge in [-0.05, 0) is 13.8 Å². The quantitative estimate of drug-likeness (QED) is 0.627. The van der Waals surface area contributed by atoms with Crippen molar-refractivity contribution >= 4 is 28.4 Å². The third kappa shape index (κ3) is 4.03. The van der Waals surface area contributed by atoms with Gasteiger partial charge in [-0.1, -0.05) is 66.4 Å². The highest BCUT2D eigenvalue weighted by Crippen LogP contribution is 2.31. The second-order valence-electron chi connectivity index (χ2n) is 7.11. The molecule has 1 aliphatic heterocycles. The smallest absolute Gasteiger partial charge is 0.233 e. The van der Waals surface area contributed by atoms with Crippen LogP contribution in [0, 0.1) is 0 Å². The Morgan fingerprint density at radius 3 is 2.36 bits per heavy atom. The highest BCUT2D eigenvalue weighted by molar-refractivity contribution is 8.00. The fourth-order valence-electron chi connectivity index (χ4n) is 3.60. The van der Waals surface area contributed by atoms with Crippen LogP contribution < -0.4 is 0 Å². The van der Waals surface area contributed by atoms with Crippen molar-refractivity contribution in [2.45, 2.75) is 31.1 Å². The number of fused-ring (bicyclic) bond motifs is 1. The average Bonchev–Trinajstić information content (AvgIpc) is 2.71. The van der Waals surface area contributed by atoms with Crippen LogP contribution in [0.25, 0.3) is 22.0 Å². The van der Waals surface area contributed by atoms with E-state index in [0.717, 1.165) is 27.1 Å². The molecule has 3 aromatic rings. The number of carbonyl (C=O) groups is 1. The number of carbonyl (C=O) groups excluding carboxylic acids is 1. The van der Waals surface area contributed by atoms with Crippen molar-refractivity contribution in [3.8, 4) is 11.3 Å². The number of ether oxygens (including phenoxy) is 1. The lowest BCUT2D eigenvalue weighted by atomic mass is 10.1. The van der Waals surface area contributed by atoms with E-state index in [2.05, 4.69) is 16.3 Å². The van der Waals surface area contributed by atoms with Gasteiger partial charge >= 0.3 is 0 Å². The van der Waals surface area contributed by atoms with E-state index in [4.69, 9.17) is 4.74 Å². The molecule has 4 rings (SSSR count). The van der Waals surface area contributed by atoms with Crippen molar-refractivity contribution in [3.05, 3.63) is 54.6 Å². The first kappa shape index (κ1) is 18.9. The van der Waals surface area contributed by atoms with E-state index in [-0.39, 0.29) is 18.1 Å². The summed E-state index contributed by atoms with van der Waals surface area (Å²) in [6.07, 6.45) is 0.145. The summed E-state index contributed by atoms with van der Waals surface area (Å²) in [7, 11) is 0. The van der Waals surface area contributed by atoms with E-state index in [9.17, 15) is 4.79 Å². The van der Waals surface area contributed by atoms with Crippen molar-refractivity contribution in [2.75, 3.05) is 18.8 Å². The molecule has 5 nitrogen and oxygen atoms in total. The molecule has 2 atom stereocenters. The standard InChI is InChI=1S/C22H23N3O2S/c1-15-12-25(13-16(2)27-15)20(26)14-28-22-19-11-7-6-10-18(19)21(23-24-22)17-8-4-3-5-9-17/h3-11,15-16H,12-14H2,1-2H3/t15-,16-/m1/s1. The molecule has 1 fully saturated rings. The Bertz CT molecular complexity index is 970. The molecule has 0 radical (unpaired) electrons. The molecule has 1 amide bonds. The van der Waals surface area contributed by atoms with Crippen molar-refractivity contribution in [1.29, 1.82) is 0 Å². The van der Waals surface area contributed by atoms with Gasteiger partial charge in [-0.2, -0.15) is 0 Å². The number of nitrogens with zero attached hydrogens (tertiary/aromatic N) is 3. The first-order valence-corrected chi connectivity index (χ1v) is 10.5. The molecular weight excluding hydrogens is 370 g/mol. The fraction of sp³-hybridized carbons (Fsp3) is 0.318. The summed E-state index contributed by atoms with van der Waals surface area (Å²) in [5.74, 6) is 0.466. The zero-order valence-corrected chi connectivity index (χ0v) is 16.9. The van der Waals surface area contributed by atoms with Crippen molar-refractivity contribution in [2.24, 2.45) is 0 Å². The van der Waals surface area contributed by atoms with E-state index in [1.807, 2.05) is 67.3 Å². The summed E-state index contributed by atoms with van der Waals surface area (Å²) >= 11 is 1.45. The molecule has 1 aliphatic rings. The highest BCUT2D eigenvalue weighted by atomic mass is 32.2. The van der Waals surface area contributed by atoms with Crippen molar-refractivity contribution in [3.63, 3.8) is 0 Å². The van der Waals surface area contributed by atoms with E-state index in [1.165, 1.54) is 11.8 Å². The molecule has 0 unspecified atom stereocenters. The van der Waals surface area contributed by atoms with Crippen LogP contribution in [0.3, 0.4) is 0 Å². The SMILES string of the molecule is C[C@@H]1CN(C(=O)CSc2nnc(-c3ccccc3)c3ccccc23)C[C@@H](C)O1. The van der Waals surface area contributed by atoms with Crippen molar-refractivity contribution in [1.82, 2.24) is 15.1 Å². The monoisotopic (exact) mass is 393 g/mol.